The van der Waals surface area contributed by atoms with Crippen molar-refractivity contribution in [3.05, 3.63) is 42.3 Å². The minimum Gasteiger partial charge on any atom is -0.478 e. The van der Waals surface area contributed by atoms with Gasteiger partial charge >= 0.3 is 5.97 Å². The summed E-state index contributed by atoms with van der Waals surface area (Å²) in [6.45, 7) is 0. The van der Waals surface area contributed by atoms with Gasteiger partial charge in [-0.25, -0.2) is 4.79 Å². The summed E-state index contributed by atoms with van der Waals surface area (Å²) in [5, 5.41) is 8.66. The molecule has 4 nitrogen and oxygen atoms in total. The lowest BCUT2D eigenvalue weighted by atomic mass is 10.2. The summed E-state index contributed by atoms with van der Waals surface area (Å²) >= 11 is 0. The van der Waals surface area contributed by atoms with Crippen LogP contribution in [0.15, 0.2) is 41.1 Å². The van der Waals surface area contributed by atoms with Gasteiger partial charge < -0.3 is 9.52 Å². The molecule has 0 fully saturated rings. The van der Waals surface area contributed by atoms with Crippen LogP contribution in [0.5, 0.6) is 0 Å². The smallest absolute Gasteiger partial charge is 0.338 e. The molecule has 0 atom stereocenters. The van der Waals surface area contributed by atoms with Crippen molar-refractivity contribution in [3.8, 4) is 11.5 Å². The van der Waals surface area contributed by atoms with Gasteiger partial charge in [0.2, 0.25) is 0 Å². The molecule has 0 saturated heterocycles. The number of aromatic nitrogens is 1. The Morgan fingerprint density at radius 1 is 1.43 bits per heavy atom. The quantitative estimate of drug-likeness (QED) is 0.785. The topological polar surface area (TPSA) is 63.3 Å². The molecular formula is C10H7NO3. The summed E-state index contributed by atoms with van der Waals surface area (Å²) in [7, 11) is 0. The van der Waals surface area contributed by atoms with Gasteiger partial charge in [-0.2, -0.15) is 0 Å². The van der Waals surface area contributed by atoms with E-state index in [0.29, 0.717) is 11.5 Å². The van der Waals surface area contributed by atoms with Crippen LogP contribution < -0.4 is 0 Å². The first-order chi connectivity index (χ1) is 6.77. The predicted octanol–water partition coefficient (Wildman–Crippen LogP) is 2.04. The van der Waals surface area contributed by atoms with Crippen LogP contribution in [-0.2, 0) is 0 Å². The number of pyridine rings is 1. The van der Waals surface area contributed by atoms with Gasteiger partial charge in [0.15, 0.2) is 5.76 Å². The average molecular weight is 189 g/mol. The molecule has 70 valence electrons. The number of carboxylic acid groups (broad SMARTS) is 1. The van der Waals surface area contributed by atoms with E-state index >= 15 is 0 Å². The molecule has 0 saturated carbocycles. The zero-order valence-electron chi connectivity index (χ0n) is 7.18. The van der Waals surface area contributed by atoms with E-state index in [-0.39, 0.29) is 5.56 Å². The number of carbonyl (C=O) groups is 1. The second-order valence-corrected chi connectivity index (χ2v) is 2.72. The normalized spacial score (nSPS) is 10.0. The lowest BCUT2D eigenvalue weighted by molar-refractivity contribution is 0.0696. The van der Waals surface area contributed by atoms with E-state index in [2.05, 4.69) is 4.98 Å². The highest BCUT2D eigenvalue weighted by atomic mass is 16.4. The van der Waals surface area contributed by atoms with Crippen molar-refractivity contribution in [2.75, 3.05) is 0 Å². The zero-order chi connectivity index (χ0) is 9.97. The standard InChI is InChI=1S/C10H7NO3/c12-10(13)7-5-9(14-6-7)8-3-1-2-4-11-8/h1-6H,(H,12,13). The minimum absolute atomic E-state index is 0.130. The Morgan fingerprint density at radius 3 is 2.86 bits per heavy atom. The maximum absolute atomic E-state index is 10.6. The van der Waals surface area contributed by atoms with Crippen molar-refractivity contribution < 1.29 is 14.3 Å². The van der Waals surface area contributed by atoms with Gasteiger partial charge in [0.05, 0.1) is 5.56 Å². The van der Waals surface area contributed by atoms with Gasteiger partial charge in [0.25, 0.3) is 0 Å². The van der Waals surface area contributed by atoms with Crippen molar-refractivity contribution in [2.45, 2.75) is 0 Å². The largest absolute Gasteiger partial charge is 0.478 e. The van der Waals surface area contributed by atoms with Gasteiger partial charge in [-0.1, -0.05) is 6.07 Å². The molecule has 2 aromatic rings. The Morgan fingerprint density at radius 2 is 2.29 bits per heavy atom. The summed E-state index contributed by atoms with van der Waals surface area (Å²) in [5.41, 5.74) is 0.755. The first kappa shape index (κ1) is 8.50. The monoisotopic (exact) mass is 189 g/mol. The molecule has 0 aliphatic rings. The molecule has 2 rings (SSSR count). The predicted molar refractivity (Wildman–Crippen MR) is 48.9 cm³/mol. The van der Waals surface area contributed by atoms with E-state index in [1.165, 1.54) is 12.3 Å². The SMILES string of the molecule is O=C(O)c1coc(-c2ccccn2)c1. The van der Waals surface area contributed by atoms with E-state index in [0.717, 1.165) is 0 Å². The zero-order valence-corrected chi connectivity index (χ0v) is 7.18. The van der Waals surface area contributed by atoms with Crippen LogP contribution in [0.3, 0.4) is 0 Å². The van der Waals surface area contributed by atoms with E-state index < -0.39 is 5.97 Å². The van der Waals surface area contributed by atoms with Gasteiger partial charge in [-0.05, 0) is 12.1 Å². The van der Waals surface area contributed by atoms with Crippen molar-refractivity contribution in [1.82, 2.24) is 4.98 Å². The van der Waals surface area contributed by atoms with Crippen LogP contribution >= 0.6 is 0 Å². The summed E-state index contributed by atoms with van der Waals surface area (Å²) in [6, 6.07) is 6.80. The van der Waals surface area contributed by atoms with E-state index in [1.54, 1.807) is 18.3 Å². The van der Waals surface area contributed by atoms with Gasteiger partial charge in [-0.15, -0.1) is 0 Å². The Balaban J connectivity index is 2.39. The van der Waals surface area contributed by atoms with E-state index in [9.17, 15) is 4.79 Å². The van der Waals surface area contributed by atoms with Gasteiger partial charge in [0.1, 0.15) is 12.0 Å². The fraction of sp³-hybridized carbons (Fsp3) is 0. The molecule has 0 unspecified atom stereocenters. The first-order valence-corrected chi connectivity index (χ1v) is 4.00. The number of hydrogen-bond acceptors (Lipinski definition) is 3. The van der Waals surface area contributed by atoms with Crippen LogP contribution in [0.4, 0.5) is 0 Å². The third kappa shape index (κ3) is 1.50. The molecule has 1 N–H and O–H groups in total. The van der Waals surface area contributed by atoms with Crippen LogP contribution in [0.1, 0.15) is 10.4 Å². The molecule has 0 aliphatic carbocycles. The third-order valence-electron chi connectivity index (χ3n) is 1.76. The molecule has 0 amide bonds. The van der Waals surface area contributed by atoms with E-state index in [1.807, 2.05) is 6.07 Å². The molecule has 0 radical (unpaired) electrons. The summed E-state index contributed by atoms with van der Waals surface area (Å²) in [6.07, 6.45) is 2.82. The number of aromatic carboxylic acids is 1. The van der Waals surface area contributed by atoms with Crippen LogP contribution in [-0.4, -0.2) is 16.1 Å². The Kier molecular flexibility index (Phi) is 2.02. The number of rotatable bonds is 2. The summed E-state index contributed by atoms with van der Waals surface area (Å²) in [4.78, 5) is 14.6. The van der Waals surface area contributed by atoms with Crippen LogP contribution in [0.2, 0.25) is 0 Å². The van der Waals surface area contributed by atoms with Crippen molar-refractivity contribution in [2.24, 2.45) is 0 Å². The lowest BCUT2D eigenvalue weighted by Gasteiger charge is -1.91. The highest BCUT2D eigenvalue weighted by Gasteiger charge is 2.09. The second kappa shape index (κ2) is 3.33. The lowest BCUT2D eigenvalue weighted by Crippen LogP contribution is -1.91. The molecule has 4 heteroatoms. The third-order valence-corrected chi connectivity index (χ3v) is 1.76. The fourth-order valence-corrected chi connectivity index (χ4v) is 1.09. The molecule has 0 spiro atoms. The number of carboxylic acids is 1. The van der Waals surface area contributed by atoms with Crippen LogP contribution in [0.25, 0.3) is 11.5 Å². The molecule has 0 aliphatic heterocycles. The maximum atomic E-state index is 10.6. The minimum atomic E-state index is -1.00. The Bertz CT molecular complexity index is 447. The molecule has 0 aromatic carbocycles. The first-order valence-electron chi connectivity index (χ1n) is 4.00. The summed E-state index contributed by atoms with van der Waals surface area (Å²) in [5.74, 6) is -0.543. The van der Waals surface area contributed by atoms with Crippen molar-refractivity contribution in [3.63, 3.8) is 0 Å². The van der Waals surface area contributed by atoms with Gasteiger partial charge in [-0.3, -0.25) is 4.98 Å². The molecule has 14 heavy (non-hydrogen) atoms. The number of hydrogen-bond donors (Lipinski definition) is 1. The molecular weight excluding hydrogens is 182 g/mol. The molecule has 0 bridgehead atoms. The van der Waals surface area contributed by atoms with Crippen molar-refractivity contribution >= 4 is 5.97 Å². The Hall–Kier alpha value is -2.10. The number of nitrogens with zero attached hydrogens (tertiary/aromatic N) is 1. The number of furan rings is 1. The van der Waals surface area contributed by atoms with Gasteiger partial charge in [0, 0.05) is 12.3 Å². The molecule has 2 heterocycles. The highest BCUT2D eigenvalue weighted by Crippen LogP contribution is 2.19. The Labute approximate surface area is 79.8 Å². The molecule has 2 aromatic heterocycles. The summed E-state index contributed by atoms with van der Waals surface area (Å²) < 4.78 is 5.07. The van der Waals surface area contributed by atoms with Crippen LogP contribution in [0, 0.1) is 0 Å². The highest BCUT2D eigenvalue weighted by molar-refractivity contribution is 5.88. The second-order valence-electron chi connectivity index (χ2n) is 2.72. The fourth-order valence-electron chi connectivity index (χ4n) is 1.09. The van der Waals surface area contributed by atoms with Crippen molar-refractivity contribution in [1.29, 1.82) is 0 Å². The average Bonchev–Trinajstić information content (AvgIpc) is 2.68. The maximum Gasteiger partial charge on any atom is 0.338 e. The van der Waals surface area contributed by atoms with E-state index in [4.69, 9.17) is 9.52 Å².